The van der Waals surface area contributed by atoms with Crippen molar-refractivity contribution in [1.29, 1.82) is 0 Å². The summed E-state index contributed by atoms with van der Waals surface area (Å²) in [6.07, 6.45) is 0.741. The third kappa shape index (κ3) is 3.65. The number of thioether (sulfide) groups is 1. The minimum atomic E-state index is -3.03. The first kappa shape index (κ1) is 18.2. The molecule has 1 amide bonds. The van der Waals surface area contributed by atoms with E-state index >= 15 is 0 Å². The summed E-state index contributed by atoms with van der Waals surface area (Å²) in [7, 11) is -3.03. The molecule has 2 saturated heterocycles. The van der Waals surface area contributed by atoms with Crippen LogP contribution in [0.4, 0.5) is 5.69 Å². The second kappa shape index (κ2) is 6.95. The van der Waals surface area contributed by atoms with Crippen LogP contribution in [0.1, 0.15) is 20.3 Å². The van der Waals surface area contributed by atoms with Crippen LogP contribution in [0.15, 0.2) is 29.3 Å². The van der Waals surface area contributed by atoms with E-state index in [9.17, 15) is 13.2 Å². The average Bonchev–Trinajstić information content (AvgIpc) is 2.97. The minimum Gasteiger partial charge on any atom is -0.316 e. The summed E-state index contributed by atoms with van der Waals surface area (Å²) in [5.41, 5.74) is 0.898. The maximum atomic E-state index is 12.3. The van der Waals surface area contributed by atoms with Crippen molar-refractivity contribution in [3.8, 4) is 0 Å². The number of hydrogen-bond acceptors (Lipinski definition) is 4. The van der Waals surface area contributed by atoms with E-state index in [1.54, 1.807) is 0 Å². The highest BCUT2D eigenvalue weighted by Crippen LogP contribution is 2.41. The zero-order chi connectivity index (χ0) is 17.5. The quantitative estimate of drug-likeness (QED) is 0.626. The van der Waals surface area contributed by atoms with Gasteiger partial charge in [-0.15, -0.1) is 0 Å². The van der Waals surface area contributed by atoms with Crippen LogP contribution in [0.25, 0.3) is 0 Å². The van der Waals surface area contributed by atoms with Crippen LogP contribution in [0.2, 0.25) is 0 Å². The summed E-state index contributed by atoms with van der Waals surface area (Å²) < 4.78 is 25.1. The van der Waals surface area contributed by atoms with Gasteiger partial charge in [0.15, 0.2) is 15.0 Å². The number of carbonyl (C=O) groups excluding carboxylic acids is 1. The molecule has 2 heterocycles. The van der Waals surface area contributed by atoms with Gasteiger partial charge in [-0.2, -0.15) is 4.99 Å². The molecule has 24 heavy (non-hydrogen) atoms. The van der Waals surface area contributed by atoms with Gasteiger partial charge >= 0.3 is 0 Å². The van der Waals surface area contributed by atoms with Crippen molar-refractivity contribution in [3.63, 3.8) is 0 Å². The Balaban J connectivity index is 2.00. The van der Waals surface area contributed by atoms with Gasteiger partial charge in [-0.25, -0.2) is 8.42 Å². The molecule has 1 aromatic carbocycles. The smallest absolute Gasteiger partial charge is 0.250 e. The molecule has 0 spiro atoms. The van der Waals surface area contributed by atoms with Crippen LogP contribution in [-0.2, 0) is 14.6 Å². The highest BCUT2D eigenvalue weighted by atomic mass is 127. The number of benzene rings is 1. The lowest BCUT2D eigenvalue weighted by Gasteiger charge is -2.24. The van der Waals surface area contributed by atoms with Crippen molar-refractivity contribution in [2.75, 3.05) is 16.4 Å². The van der Waals surface area contributed by atoms with Gasteiger partial charge in [0.2, 0.25) is 0 Å². The Labute approximate surface area is 160 Å². The number of amides is 1. The molecule has 0 bridgehead atoms. The predicted octanol–water partition coefficient (Wildman–Crippen LogP) is 2.94. The van der Waals surface area contributed by atoms with Gasteiger partial charge in [-0.05, 0) is 47.2 Å². The number of anilines is 1. The molecule has 0 radical (unpaired) electrons. The fourth-order valence-corrected chi connectivity index (χ4v) is 7.32. The maximum absolute atomic E-state index is 12.3. The maximum Gasteiger partial charge on any atom is 0.250 e. The largest absolute Gasteiger partial charge is 0.316 e. The first-order chi connectivity index (χ1) is 11.3. The topological polar surface area (TPSA) is 66.8 Å². The van der Waals surface area contributed by atoms with Crippen molar-refractivity contribution >= 4 is 61.0 Å². The van der Waals surface area contributed by atoms with Crippen LogP contribution >= 0.6 is 34.4 Å². The molecule has 0 aliphatic carbocycles. The second-order valence-corrected chi connectivity index (χ2v) is 10.8. The fourth-order valence-electron chi connectivity index (χ4n) is 2.87. The highest BCUT2D eigenvalue weighted by molar-refractivity contribution is 14.1. The van der Waals surface area contributed by atoms with E-state index in [0.29, 0.717) is 5.17 Å². The predicted molar refractivity (Wildman–Crippen MR) is 107 cm³/mol. The Morgan fingerprint density at radius 2 is 2.21 bits per heavy atom. The van der Waals surface area contributed by atoms with Crippen LogP contribution in [-0.4, -0.2) is 42.3 Å². The van der Waals surface area contributed by atoms with Gasteiger partial charge in [-0.3, -0.25) is 4.79 Å². The van der Waals surface area contributed by atoms with Gasteiger partial charge in [-0.1, -0.05) is 31.7 Å². The lowest BCUT2D eigenvalue weighted by atomic mass is 10.1. The van der Waals surface area contributed by atoms with E-state index < -0.39 is 9.84 Å². The van der Waals surface area contributed by atoms with Crippen molar-refractivity contribution < 1.29 is 13.2 Å². The fraction of sp³-hybridized carbons (Fsp3) is 0.500. The number of rotatable bonds is 3. The summed E-state index contributed by atoms with van der Waals surface area (Å²) in [5.74, 6) is 0.00454. The molecule has 1 aromatic rings. The molecule has 2 fully saturated rings. The Morgan fingerprint density at radius 1 is 1.46 bits per heavy atom. The number of aliphatic imine (C=N–C) groups is 1. The third-order valence-corrected chi connectivity index (χ3v) is 8.27. The monoisotopic (exact) mass is 478 g/mol. The Bertz CT molecular complexity index is 794. The van der Waals surface area contributed by atoms with E-state index in [-0.39, 0.29) is 34.6 Å². The molecule has 3 rings (SSSR count). The molecule has 130 valence electrons. The van der Waals surface area contributed by atoms with E-state index in [1.807, 2.05) is 43.0 Å². The number of halogens is 1. The van der Waals surface area contributed by atoms with Crippen LogP contribution in [0, 0.1) is 9.49 Å². The van der Waals surface area contributed by atoms with E-state index in [2.05, 4.69) is 27.6 Å². The number of carbonyl (C=O) groups is 1. The number of nitrogens with zero attached hydrogens (tertiary/aromatic N) is 2. The molecule has 0 saturated carbocycles. The highest BCUT2D eigenvalue weighted by Gasteiger charge is 2.49. The molecule has 8 heteroatoms. The molecule has 0 unspecified atom stereocenters. The first-order valence-electron chi connectivity index (χ1n) is 7.85. The van der Waals surface area contributed by atoms with Gasteiger partial charge in [0, 0.05) is 20.4 Å². The summed E-state index contributed by atoms with van der Waals surface area (Å²) in [6, 6.07) is 7.71. The second-order valence-electron chi connectivity index (χ2n) is 6.19. The summed E-state index contributed by atoms with van der Waals surface area (Å²) in [6.45, 7) is 3.83. The third-order valence-electron chi connectivity index (χ3n) is 4.39. The lowest BCUT2D eigenvalue weighted by Crippen LogP contribution is -2.37. The molecule has 5 nitrogen and oxygen atoms in total. The number of fused-ring (bicyclic) bond motifs is 1. The van der Waals surface area contributed by atoms with Gasteiger partial charge in [0.25, 0.3) is 5.91 Å². The molecule has 0 N–H and O–H groups in total. The van der Waals surface area contributed by atoms with Crippen molar-refractivity contribution in [2.24, 2.45) is 10.9 Å². The van der Waals surface area contributed by atoms with Crippen LogP contribution in [0.3, 0.4) is 0 Å². The Morgan fingerprint density at radius 3 is 2.88 bits per heavy atom. The average molecular weight is 478 g/mol. The molecule has 0 aromatic heterocycles. The van der Waals surface area contributed by atoms with Crippen molar-refractivity contribution in [3.05, 3.63) is 27.8 Å². The summed E-state index contributed by atoms with van der Waals surface area (Å²) in [4.78, 5) is 18.6. The molecular formula is C16H19IN2O3S2. The minimum absolute atomic E-state index is 0.0589. The molecule has 2 aliphatic rings. The molecule has 2 aliphatic heterocycles. The van der Waals surface area contributed by atoms with Gasteiger partial charge in [0.1, 0.15) is 0 Å². The summed E-state index contributed by atoms with van der Waals surface area (Å²) in [5, 5.41) is 0.573. The van der Waals surface area contributed by atoms with E-state index in [0.717, 1.165) is 15.7 Å². The molecule has 3 atom stereocenters. The standard InChI is InChI=1S/C16H19IN2O3S2/c1-3-10(2)15(20)18-16-19(12-6-4-5-11(17)7-12)13-8-24(21,22)9-14(13)23-16/h4-7,10,13-14H,3,8-9H2,1-2H3/t10-,13+,14-/m0/s1. The number of hydrogen-bond donors (Lipinski definition) is 0. The summed E-state index contributed by atoms with van der Waals surface area (Å²) >= 11 is 3.65. The number of amidine groups is 1. The van der Waals surface area contributed by atoms with Crippen molar-refractivity contribution in [1.82, 2.24) is 0 Å². The lowest BCUT2D eigenvalue weighted by molar-refractivity contribution is -0.121. The SMILES string of the molecule is CC[C@H](C)C(=O)N=C1S[C@H]2CS(=O)(=O)C[C@H]2N1c1cccc(I)c1. The van der Waals surface area contributed by atoms with Crippen molar-refractivity contribution in [2.45, 2.75) is 31.6 Å². The molecular weight excluding hydrogens is 459 g/mol. The van der Waals surface area contributed by atoms with Crippen LogP contribution < -0.4 is 4.90 Å². The zero-order valence-electron chi connectivity index (χ0n) is 13.5. The van der Waals surface area contributed by atoms with E-state index in [4.69, 9.17) is 0 Å². The number of sulfone groups is 1. The Kier molecular flexibility index (Phi) is 5.27. The first-order valence-corrected chi connectivity index (χ1v) is 11.6. The van der Waals surface area contributed by atoms with Gasteiger partial charge < -0.3 is 4.90 Å². The normalized spacial score (nSPS) is 28.1. The van der Waals surface area contributed by atoms with Crippen LogP contribution in [0.5, 0.6) is 0 Å². The van der Waals surface area contributed by atoms with E-state index in [1.165, 1.54) is 11.8 Å². The Hall–Kier alpha value is -0.610. The zero-order valence-corrected chi connectivity index (χ0v) is 17.3. The van der Waals surface area contributed by atoms with Gasteiger partial charge in [0.05, 0.1) is 17.5 Å².